The molecule has 0 aliphatic carbocycles. The van der Waals surface area contributed by atoms with E-state index >= 15 is 4.79 Å². The van der Waals surface area contributed by atoms with Crippen LogP contribution < -0.4 is 85.1 Å². The number of amides is 16. The van der Waals surface area contributed by atoms with E-state index < -0.39 is 183 Å². The average molecular weight is 2020 g/mol. The standard InChI is InChI=1S/C101H170N16O26/c1-94(2,3)136-86(127)106-59-38-31-46-72(114-90(131)140-98(13,14)15)81(122)103-57-36-28-44-70(112-84(125)75(116-92(133)142-100(19,20)21)49-33-40-61-108-88(129)138-96(7,8)9)79(120)102-56-35-29-45-71(80(121)105-63-55-78(119)135-66-69-53-51-67(52-54-69)64-77(118)110-65-68-42-26-25-27-43-68)111-83(124)74(113-85(126)76(117-93(134)143-101(22,23)24)50-34-41-62-109-89(130)139-97(10,11)12)48-30-37-58-104-82(123)73(115-91(132)141-99(16,17)18)47-32-39-60-107-87(128)137-95(4,5)6/h25-27,42-43,51-54,70-76H,28-41,44-50,55-66H2,1-24H3,(H,102,120)(H,103,122)(H,104,123)(H,105,121)(H,106,127)(H,107,128)(H,108,129)(H,109,130)(H,110,118)(H,111,124)(H,112,125)(H,113,126)(H,114,131)(H,115,132)(H,116,133)(H,117,134)/t70-,71-,72-,73-,74-,75-,76-/m0/s1. The molecule has 0 saturated carbocycles. The maximum Gasteiger partial charge on any atom is 0.408 e. The minimum atomic E-state index is -1.50. The van der Waals surface area contributed by atoms with E-state index in [9.17, 15) is 76.7 Å². The minimum Gasteiger partial charge on any atom is -0.461 e. The van der Waals surface area contributed by atoms with Gasteiger partial charge in [-0.2, -0.15) is 0 Å². The van der Waals surface area contributed by atoms with Gasteiger partial charge in [0.15, 0.2) is 0 Å². The molecular formula is C101H170N16O26. The van der Waals surface area contributed by atoms with Gasteiger partial charge in [0.25, 0.3) is 0 Å². The molecule has 810 valence electrons. The van der Waals surface area contributed by atoms with Gasteiger partial charge in [-0.3, -0.25) is 43.2 Å². The fraction of sp³-hybridized carbons (Fsp3) is 0.713. The highest BCUT2D eigenvalue weighted by atomic mass is 16.6. The molecular weight excluding hydrogens is 1850 g/mol. The largest absolute Gasteiger partial charge is 0.461 e. The van der Waals surface area contributed by atoms with Crippen LogP contribution in [0.3, 0.4) is 0 Å². The van der Waals surface area contributed by atoms with Gasteiger partial charge in [0, 0.05) is 58.9 Å². The Bertz CT molecular complexity index is 4310. The number of unbranched alkanes of at least 4 members (excludes halogenated alkanes) is 7. The van der Waals surface area contributed by atoms with Crippen molar-refractivity contribution in [1.82, 2.24) is 85.1 Å². The Labute approximate surface area is 845 Å². The van der Waals surface area contributed by atoms with Crippen molar-refractivity contribution in [2.24, 2.45) is 0 Å². The molecule has 0 fully saturated rings. The highest BCUT2D eigenvalue weighted by molar-refractivity contribution is 5.95. The molecule has 0 spiro atoms. The Balaban J connectivity index is 2.76. The lowest BCUT2D eigenvalue weighted by Gasteiger charge is -2.27. The zero-order valence-electron chi connectivity index (χ0n) is 89.2. The summed E-state index contributed by atoms with van der Waals surface area (Å²) in [6.45, 7) is 40.7. The summed E-state index contributed by atoms with van der Waals surface area (Å²) < 4.78 is 49.1. The third-order valence-electron chi connectivity index (χ3n) is 19.7. The topological polar surface area (TPSA) is 566 Å². The molecule has 143 heavy (non-hydrogen) atoms. The first-order chi connectivity index (χ1) is 66.4. The molecule has 0 aliphatic heterocycles. The monoisotopic (exact) mass is 2020 g/mol. The fourth-order valence-electron chi connectivity index (χ4n) is 13.3. The maximum atomic E-state index is 15.3. The van der Waals surface area contributed by atoms with Gasteiger partial charge >= 0.3 is 54.7 Å². The van der Waals surface area contributed by atoms with Gasteiger partial charge in [-0.15, -0.1) is 0 Å². The van der Waals surface area contributed by atoms with E-state index in [2.05, 4.69) is 85.1 Å². The SMILES string of the molecule is CC(C)(C)OC(=O)NCCCC[C@H](NC(=O)OC(C)(C)C)C(=O)NCCCC[C@H](NC(=O)[C@H](CCCCNC(=O)OC(C)(C)C)NC(=O)OC(C)(C)C)C(=O)NCCCC[C@H](NC(=O)[C@H](CCCCNC(=O)[C@H](CCCCNC(=O)OC(C)(C)C)NC(=O)OC(C)(C)C)NC(=O)[C@H](CCCCNC(=O)OC(C)(C)C)NC(=O)OC(C)(C)C)C(=O)NCCC(=O)OCc1ccc(CC(=O)NCc2ccccc2)cc1. The summed E-state index contributed by atoms with van der Waals surface area (Å²) in [5, 5.41) is 43.7. The number of hydrogen-bond donors (Lipinski definition) is 16. The molecule has 7 atom stereocenters. The second-order valence-corrected chi connectivity index (χ2v) is 43.0. The molecule has 16 amide bonds. The molecule has 0 aromatic heterocycles. The summed E-state index contributed by atoms with van der Waals surface area (Å²) >= 11 is 0. The van der Waals surface area contributed by atoms with Gasteiger partial charge in [-0.25, -0.2) is 38.4 Å². The lowest BCUT2D eigenvalue weighted by Crippen LogP contribution is -2.57. The lowest BCUT2D eigenvalue weighted by atomic mass is 10.0. The summed E-state index contributed by atoms with van der Waals surface area (Å²) in [4.78, 5) is 232. The molecule has 42 heteroatoms. The molecule has 0 bridgehead atoms. The van der Waals surface area contributed by atoms with Crippen LogP contribution in [0.5, 0.6) is 0 Å². The van der Waals surface area contributed by atoms with Crippen LogP contribution in [-0.2, 0) is 105 Å². The lowest BCUT2D eigenvalue weighted by molar-refractivity contribution is -0.145. The first-order valence-electron chi connectivity index (χ1n) is 49.8. The van der Waals surface area contributed by atoms with Crippen molar-refractivity contribution in [3.05, 3.63) is 71.3 Å². The molecule has 0 aliphatic rings. The van der Waals surface area contributed by atoms with Crippen LogP contribution in [-0.4, -0.2) is 241 Å². The Morgan fingerprint density at radius 2 is 0.441 bits per heavy atom. The summed E-state index contributed by atoms with van der Waals surface area (Å²) in [5.41, 5.74) is -4.68. The van der Waals surface area contributed by atoms with Gasteiger partial charge in [0.05, 0.1) is 12.8 Å². The quantitative estimate of drug-likeness (QED) is 0.0166. The maximum absolute atomic E-state index is 15.3. The molecule has 2 rings (SSSR count). The van der Waals surface area contributed by atoms with E-state index in [1.54, 1.807) is 190 Å². The Kier molecular flexibility index (Phi) is 56.6. The number of carbonyl (C=O) groups is 17. The molecule has 0 heterocycles. The van der Waals surface area contributed by atoms with Crippen LogP contribution in [0, 0.1) is 0 Å². The van der Waals surface area contributed by atoms with Crippen LogP contribution in [0.15, 0.2) is 54.6 Å². The number of carbonyl (C=O) groups excluding carboxylic acids is 17. The summed E-state index contributed by atoms with van der Waals surface area (Å²) in [7, 11) is 0. The fourth-order valence-corrected chi connectivity index (χ4v) is 13.3. The third-order valence-corrected chi connectivity index (χ3v) is 19.7. The van der Waals surface area contributed by atoms with Gasteiger partial charge in [-0.05, 0) is 318 Å². The Morgan fingerprint density at radius 1 is 0.224 bits per heavy atom. The van der Waals surface area contributed by atoms with Crippen LogP contribution in [0.4, 0.5) is 38.4 Å². The zero-order chi connectivity index (χ0) is 108. The predicted octanol–water partition coefficient (Wildman–Crippen LogP) is 11.8. The zero-order valence-corrected chi connectivity index (χ0v) is 89.2. The second kappa shape index (κ2) is 63.8. The van der Waals surface area contributed by atoms with Crippen LogP contribution in [0.25, 0.3) is 0 Å². The first-order valence-corrected chi connectivity index (χ1v) is 49.8. The van der Waals surface area contributed by atoms with Crippen LogP contribution >= 0.6 is 0 Å². The van der Waals surface area contributed by atoms with E-state index in [0.717, 1.165) is 5.56 Å². The Hall–Kier alpha value is -12.2. The van der Waals surface area contributed by atoms with E-state index in [1.165, 1.54) is 0 Å². The van der Waals surface area contributed by atoms with Gasteiger partial charge in [-0.1, -0.05) is 54.6 Å². The van der Waals surface area contributed by atoms with Crippen molar-refractivity contribution in [1.29, 1.82) is 0 Å². The molecule has 42 nitrogen and oxygen atoms in total. The third kappa shape index (κ3) is 67.1. The number of benzene rings is 2. The van der Waals surface area contributed by atoms with E-state index in [0.29, 0.717) is 49.8 Å². The normalized spacial score (nSPS) is 13.3. The van der Waals surface area contributed by atoms with Gasteiger partial charge in [0.1, 0.15) is 93.7 Å². The second-order valence-electron chi connectivity index (χ2n) is 43.0. The number of esters is 1. The number of alkyl carbamates (subject to hydrolysis) is 8. The summed E-state index contributed by atoms with van der Waals surface area (Å²) in [5.74, 6) is -6.08. The highest BCUT2D eigenvalue weighted by Crippen LogP contribution is 2.20. The molecule has 16 N–H and O–H groups in total. The molecule has 0 unspecified atom stereocenters. The molecule has 2 aromatic rings. The average Bonchev–Trinajstić information content (AvgIpc) is 0.851. The molecule has 2 aromatic carbocycles. The van der Waals surface area contributed by atoms with Crippen LogP contribution in [0.2, 0.25) is 0 Å². The van der Waals surface area contributed by atoms with E-state index in [4.69, 9.17) is 42.6 Å². The van der Waals surface area contributed by atoms with Crippen LogP contribution in [0.1, 0.15) is 324 Å². The number of ether oxygens (including phenoxy) is 9. The van der Waals surface area contributed by atoms with Crippen molar-refractivity contribution in [3.63, 3.8) is 0 Å². The predicted molar refractivity (Wildman–Crippen MR) is 537 cm³/mol. The van der Waals surface area contributed by atoms with Gasteiger partial charge < -0.3 is 128 Å². The van der Waals surface area contributed by atoms with Gasteiger partial charge in [0.2, 0.25) is 47.3 Å². The minimum absolute atomic E-state index is 0.00249. The van der Waals surface area contributed by atoms with E-state index in [-0.39, 0.29) is 180 Å². The van der Waals surface area contributed by atoms with E-state index in [1.807, 2.05) is 30.3 Å². The Morgan fingerprint density at radius 3 is 0.699 bits per heavy atom. The smallest absolute Gasteiger partial charge is 0.408 e. The molecule has 0 saturated heterocycles. The number of nitrogens with one attached hydrogen (secondary N) is 16. The highest BCUT2D eigenvalue weighted by Gasteiger charge is 2.35. The van der Waals surface area contributed by atoms with Crippen molar-refractivity contribution in [2.75, 3.05) is 52.4 Å². The van der Waals surface area contributed by atoms with Crippen molar-refractivity contribution in [2.45, 2.75) is 414 Å². The van der Waals surface area contributed by atoms with Crippen molar-refractivity contribution >= 4 is 102 Å². The summed E-state index contributed by atoms with van der Waals surface area (Å²) in [6, 6.07) is 7.20. The van der Waals surface area contributed by atoms with Crippen molar-refractivity contribution < 1.29 is 124 Å². The number of rotatable bonds is 58. The molecule has 0 radical (unpaired) electrons. The first kappa shape index (κ1) is 127. The number of hydrogen-bond acceptors (Lipinski definition) is 26. The van der Waals surface area contributed by atoms with Crippen molar-refractivity contribution in [3.8, 4) is 0 Å². The summed E-state index contributed by atoms with van der Waals surface area (Å²) in [6.07, 6.45) is -3.15.